The molecule has 0 radical (unpaired) electrons. The number of amides is 1. The van der Waals surface area contributed by atoms with E-state index in [0.717, 1.165) is 6.07 Å². The van der Waals surface area contributed by atoms with Gasteiger partial charge in [0.05, 0.1) is 22.0 Å². The number of aliphatic hydroxyl groups excluding tert-OH is 1. The first-order chi connectivity index (χ1) is 16.1. The van der Waals surface area contributed by atoms with Gasteiger partial charge in [-0.1, -0.05) is 29.8 Å². The normalized spacial score (nSPS) is 11.1. The minimum absolute atomic E-state index is 0.0127. The molecule has 176 valence electrons. The van der Waals surface area contributed by atoms with Gasteiger partial charge in [-0.15, -0.1) is 0 Å². The molecule has 3 aromatic rings. The number of nitro benzene ring substituents is 1. The van der Waals surface area contributed by atoms with Crippen LogP contribution in [0.1, 0.15) is 26.3 Å². The summed E-state index contributed by atoms with van der Waals surface area (Å²) in [5.74, 6) is -1.25. The number of hydrogen-bond acceptors (Lipinski definition) is 7. The number of carbonyl (C=O) groups is 2. The number of nitro groups is 1. The number of carbonyl (C=O) groups excluding carboxylic acids is 2. The number of benzene rings is 3. The summed E-state index contributed by atoms with van der Waals surface area (Å²) in [6, 6.07) is 14.9. The second kappa shape index (κ2) is 10.5. The summed E-state index contributed by atoms with van der Waals surface area (Å²) >= 11 is 5.81. The molecule has 0 bridgehead atoms. The van der Waals surface area contributed by atoms with Crippen molar-refractivity contribution in [1.82, 2.24) is 4.72 Å². The fourth-order valence-electron chi connectivity index (χ4n) is 3.01. The number of anilines is 1. The van der Waals surface area contributed by atoms with E-state index >= 15 is 0 Å². The number of rotatable bonds is 9. The lowest BCUT2D eigenvalue weighted by Crippen LogP contribution is -2.26. The van der Waals surface area contributed by atoms with Gasteiger partial charge in [0.1, 0.15) is 5.02 Å². The highest BCUT2D eigenvalue weighted by Crippen LogP contribution is 2.27. The molecule has 3 aromatic carbocycles. The molecule has 34 heavy (non-hydrogen) atoms. The van der Waals surface area contributed by atoms with E-state index in [1.54, 1.807) is 12.1 Å². The molecule has 3 rings (SSSR count). The number of halogens is 1. The molecule has 0 aliphatic carbocycles. The second-order valence-electron chi connectivity index (χ2n) is 6.90. The molecule has 0 fully saturated rings. The number of hydrogen-bond donors (Lipinski definition) is 3. The van der Waals surface area contributed by atoms with E-state index in [0.29, 0.717) is 0 Å². The predicted octanol–water partition coefficient (Wildman–Crippen LogP) is 3.00. The van der Waals surface area contributed by atoms with Crippen LogP contribution in [-0.4, -0.2) is 43.3 Å². The largest absolute Gasteiger partial charge is 0.395 e. The highest BCUT2D eigenvalue weighted by molar-refractivity contribution is 7.89. The van der Waals surface area contributed by atoms with E-state index in [4.69, 9.17) is 16.7 Å². The lowest BCUT2D eigenvalue weighted by Gasteiger charge is -2.11. The van der Waals surface area contributed by atoms with Gasteiger partial charge >= 0.3 is 0 Å². The fraction of sp³-hybridized carbons (Fsp3) is 0.0909. The molecule has 0 spiro atoms. The van der Waals surface area contributed by atoms with Crippen molar-refractivity contribution in [3.05, 3.63) is 98.6 Å². The van der Waals surface area contributed by atoms with Crippen LogP contribution in [0.2, 0.25) is 5.02 Å². The van der Waals surface area contributed by atoms with Crippen molar-refractivity contribution in [2.24, 2.45) is 0 Å². The maximum Gasteiger partial charge on any atom is 0.288 e. The lowest BCUT2D eigenvalue weighted by molar-refractivity contribution is -0.384. The Bertz CT molecular complexity index is 1360. The third-order valence-electron chi connectivity index (χ3n) is 4.65. The second-order valence-corrected chi connectivity index (χ2v) is 9.07. The van der Waals surface area contributed by atoms with Crippen molar-refractivity contribution in [1.29, 1.82) is 0 Å². The van der Waals surface area contributed by atoms with Crippen LogP contribution >= 0.6 is 11.6 Å². The summed E-state index contributed by atoms with van der Waals surface area (Å²) in [6.45, 7) is -0.489. The van der Waals surface area contributed by atoms with Gasteiger partial charge in [-0.2, -0.15) is 0 Å². The van der Waals surface area contributed by atoms with Crippen LogP contribution in [0.5, 0.6) is 0 Å². The third kappa shape index (κ3) is 5.64. The van der Waals surface area contributed by atoms with E-state index in [1.807, 2.05) is 0 Å². The minimum atomic E-state index is -3.81. The van der Waals surface area contributed by atoms with Gasteiger partial charge in [0.25, 0.3) is 11.6 Å². The molecule has 10 nitrogen and oxygen atoms in total. The van der Waals surface area contributed by atoms with Gasteiger partial charge in [0.2, 0.25) is 10.0 Å². The molecule has 0 atom stereocenters. The van der Waals surface area contributed by atoms with Crippen molar-refractivity contribution in [2.45, 2.75) is 4.90 Å². The van der Waals surface area contributed by atoms with E-state index < -0.39 is 32.3 Å². The van der Waals surface area contributed by atoms with E-state index in [9.17, 15) is 28.1 Å². The van der Waals surface area contributed by atoms with Crippen LogP contribution < -0.4 is 10.0 Å². The molecule has 1 amide bonds. The van der Waals surface area contributed by atoms with Gasteiger partial charge < -0.3 is 10.4 Å². The number of aliphatic hydroxyl groups is 1. The van der Waals surface area contributed by atoms with Crippen molar-refractivity contribution in [2.75, 3.05) is 18.5 Å². The number of sulfonamides is 1. The first-order valence-corrected chi connectivity index (χ1v) is 11.6. The standard InChI is InChI=1S/C22H18ClN3O7S/c23-19-10-5-14(13-20(19)26(30)31)21(28)17-3-1-2-4-18(17)22(29)25-15-6-8-16(9-7-15)34(32,33)24-11-12-27/h1-10,13,24,27H,11-12H2,(H,25,29). The van der Waals surface area contributed by atoms with Crippen molar-refractivity contribution < 1.29 is 28.0 Å². The molecule has 0 aromatic heterocycles. The van der Waals surface area contributed by atoms with Gasteiger partial charge in [-0.05, 0) is 42.5 Å². The molecule has 0 aliphatic rings. The maximum absolute atomic E-state index is 13.0. The SMILES string of the molecule is O=C(Nc1ccc(S(=O)(=O)NCCO)cc1)c1ccccc1C(=O)c1ccc(Cl)c([N+](=O)[O-])c1. The van der Waals surface area contributed by atoms with Gasteiger partial charge in [-0.3, -0.25) is 19.7 Å². The zero-order valence-corrected chi connectivity index (χ0v) is 19.0. The third-order valence-corrected chi connectivity index (χ3v) is 6.44. The molecule has 0 heterocycles. The van der Waals surface area contributed by atoms with Crippen LogP contribution in [0.4, 0.5) is 11.4 Å². The monoisotopic (exact) mass is 503 g/mol. The zero-order chi connectivity index (χ0) is 24.9. The van der Waals surface area contributed by atoms with Crippen LogP contribution in [0, 0.1) is 10.1 Å². The smallest absolute Gasteiger partial charge is 0.288 e. The summed E-state index contributed by atoms with van der Waals surface area (Å²) < 4.78 is 26.4. The van der Waals surface area contributed by atoms with Crippen molar-refractivity contribution in [3.63, 3.8) is 0 Å². The number of nitrogens with zero attached hydrogens (tertiary/aromatic N) is 1. The van der Waals surface area contributed by atoms with Gasteiger partial charge in [0, 0.05) is 29.4 Å². The molecular formula is C22H18ClN3O7S. The van der Waals surface area contributed by atoms with Crippen molar-refractivity contribution in [3.8, 4) is 0 Å². The van der Waals surface area contributed by atoms with Gasteiger partial charge in [-0.25, -0.2) is 13.1 Å². The molecule has 12 heteroatoms. The first kappa shape index (κ1) is 25.0. The van der Waals surface area contributed by atoms with Gasteiger partial charge in [0.15, 0.2) is 5.78 Å². The Labute approximate surface area is 199 Å². The van der Waals surface area contributed by atoms with E-state index in [2.05, 4.69) is 10.0 Å². The molecule has 0 aliphatic heterocycles. The van der Waals surface area contributed by atoms with E-state index in [-0.39, 0.29) is 45.4 Å². The zero-order valence-electron chi connectivity index (χ0n) is 17.4. The summed E-state index contributed by atoms with van der Waals surface area (Å²) in [4.78, 5) is 36.3. The number of ketones is 1. The van der Waals surface area contributed by atoms with Crippen LogP contribution in [0.3, 0.4) is 0 Å². The fourth-order valence-corrected chi connectivity index (χ4v) is 4.22. The topological polar surface area (TPSA) is 156 Å². The first-order valence-electron chi connectivity index (χ1n) is 9.73. The average Bonchev–Trinajstić information content (AvgIpc) is 2.82. The highest BCUT2D eigenvalue weighted by Gasteiger charge is 2.22. The molecular weight excluding hydrogens is 486 g/mol. The maximum atomic E-state index is 13.0. The Morgan fingerprint density at radius 1 is 1.00 bits per heavy atom. The number of nitrogens with one attached hydrogen (secondary N) is 2. The lowest BCUT2D eigenvalue weighted by atomic mass is 9.97. The summed E-state index contributed by atoms with van der Waals surface area (Å²) in [6.07, 6.45) is 0. The Hall–Kier alpha value is -3.64. The van der Waals surface area contributed by atoms with Crippen LogP contribution in [0.25, 0.3) is 0 Å². The molecule has 0 saturated heterocycles. The quantitative estimate of drug-likeness (QED) is 0.230. The Morgan fingerprint density at radius 3 is 2.26 bits per heavy atom. The highest BCUT2D eigenvalue weighted by atomic mass is 35.5. The van der Waals surface area contributed by atoms with Crippen LogP contribution in [0.15, 0.2) is 71.6 Å². The Balaban J connectivity index is 1.85. The average molecular weight is 504 g/mol. The summed E-state index contributed by atoms with van der Waals surface area (Å²) in [5.41, 5.74) is -0.134. The Kier molecular flexibility index (Phi) is 7.74. The van der Waals surface area contributed by atoms with Crippen molar-refractivity contribution >= 4 is 44.7 Å². The Morgan fingerprint density at radius 2 is 1.65 bits per heavy atom. The van der Waals surface area contributed by atoms with E-state index in [1.165, 1.54) is 48.5 Å². The summed E-state index contributed by atoms with van der Waals surface area (Å²) in [5, 5.41) is 22.4. The molecule has 0 saturated carbocycles. The molecule has 3 N–H and O–H groups in total. The minimum Gasteiger partial charge on any atom is -0.395 e. The summed E-state index contributed by atoms with van der Waals surface area (Å²) in [7, 11) is -3.81. The van der Waals surface area contributed by atoms with Crippen LogP contribution in [-0.2, 0) is 10.0 Å². The molecule has 0 unspecified atom stereocenters. The predicted molar refractivity (Wildman–Crippen MR) is 125 cm³/mol.